The molecular weight excluding hydrogens is 233 g/mol. The number of hydrogen-bond donors (Lipinski definition) is 1. The first-order chi connectivity index (χ1) is 7.93. The fraction of sp³-hybridized carbons (Fsp3) is 0.545. The molecule has 0 saturated carbocycles. The number of methoxy groups -OCH3 is 1. The summed E-state index contributed by atoms with van der Waals surface area (Å²) in [7, 11) is 1.60. The molecule has 6 heteroatoms. The quantitative estimate of drug-likeness (QED) is 0.869. The number of ether oxygens (including phenoxy) is 1. The van der Waals surface area contributed by atoms with E-state index in [2.05, 4.69) is 10.3 Å². The van der Waals surface area contributed by atoms with Crippen molar-refractivity contribution in [2.24, 2.45) is 0 Å². The third-order valence-corrected chi connectivity index (χ3v) is 2.22. The molecule has 17 heavy (non-hydrogen) atoms. The van der Waals surface area contributed by atoms with Crippen molar-refractivity contribution in [3.8, 4) is 0 Å². The molecule has 0 aromatic carbocycles. The lowest BCUT2D eigenvalue weighted by molar-refractivity contribution is -0.141. The van der Waals surface area contributed by atoms with Gasteiger partial charge in [-0.05, 0) is 25.5 Å². The van der Waals surface area contributed by atoms with Gasteiger partial charge in [0.1, 0.15) is 5.69 Å². The first-order valence-electron chi connectivity index (χ1n) is 5.22. The summed E-state index contributed by atoms with van der Waals surface area (Å²) in [5.74, 6) is 0. The van der Waals surface area contributed by atoms with Gasteiger partial charge in [0.05, 0.1) is 11.9 Å². The Morgan fingerprint density at radius 2 is 2.12 bits per heavy atom. The van der Waals surface area contributed by atoms with E-state index in [1.165, 1.54) is 12.3 Å². The summed E-state index contributed by atoms with van der Waals surface area (Å²) in [6, 6.07) is 2.46. The van der Waals surface area contributed by atoms with Crippen molar-refractivity contribution >= 4 is 5.69 Å². The smallest absolute Gasteiger partial charge is 0.385 e. The number of anilines is 1. The van der Waals surface area contributed by atoms with E-state index in [1.807, 2.05) is 6.92 Å². The molecule has 1 aromatic heterocycles. The van der Waals surface area contributed by atoms with E-state index < -0.39 is 11.9 Å². The number of nitrogens with one attached hydrogen (secondary N) is 1. The standard InChI is InChI=1S/C11H15F3N2O/c1-8(5-6-17-2)16-9-3-4-10(15-7-9)11(12,13)14/h3-4,7-8,16H,5-6H2,1-2H3. The van der Waals surface area contributed by atoms with Crippen molar-refractivity contribution in [2.75, 3.05) is 19.0 Å². The Morgan fingerprint density at radius 3 is 2.59 bits per heavy atom. The van der Waals surface area contributed by atoms with Gasteiger partial charge >= 0.3 is 6.18 Å². The Morgan fingerprint density at radius 1 is 1.41 bits per heavy atom. The highest BCUT2D eigenvalue weighted by molar-refractivity contribution is 5.42. The van der Waals surface area contributed by atoms with Crippen molar-refractivity contribution in [1.82, 2.24) is 4.98 Å². The highest BCUT2D eigenvalue weighted by atomic mass is 19.4. The number of aromatic nitrogens is 1. The van der Waals surface area contributed by atoms with Crippen LogP contribution in [-0.4, -0.2) is 24.7 Å². The molecule has 0 bridgehead atoms. The largest absolute Gasteiger partial charge is 0.433 e. The number of nitrogens with zero attached hydrogens (tertiary/aromatic N) is 1. The van der Waals surface area contributed by atoms with Gasteiger partial charge in [0, 0.05) is 19.8 Å². The zero-order chi connectivity index (χ0) is 12.9. The van der Waals surface area contributed by atoms with Gasteiger partial charge in [-0.1, -0.05) is 0 Å². The van der Waals surface area contributed by atoms with Gasteiger partial charge in [-0.3, -0.25) is 0 Å². The van der Waals surface area contributed by atoms with Crippen LogP contribution in [0.1, 0.15) is 19.0 Å². The molecule has 3 nitrogen and oxygen atoms in total. The summed E-state index contributed by atoms with van der Waals surface area (Å²) in [4.78, 5) is 3.36. The minimum absolute atomic E-state index is 0.119. The van der Waals surface area contributed by atoms with Crippen LogP contribution >= 0.6 is 0 Å². The monoisotopic (exact) mass is 248 g/mol. The van der Waals surface area contributed by atoms with Crippen molar-refractivity contribution < 1.29 is 17.9 Å². The van der Waals surface area contributed by atoms with Gasteiger partial charge in [0.25, 0.3) is 0 Å². The SMILES string of the molecule is COCCC(C)Nc1ccc(C(F)(F)F)nc1. The topological polar surface area (TPSA) is 34.1 Å². The molecule has 1 unspecified atom stereocenters. The van der Waals surface area contributed by atoms with Crippen LogP contribution in [0.4, 0.5) is 18.9 Å². The maximum atomic E-state index is 12.2. The highest BCUT2D eigenvalue weighted by Crippen LogP contribution is 2.27. The molecule has 96 valence electrons. The number of halogens is 3. The van der Waals surface area contributed by atoms with E-state index >= 15 is 0 Å². The molecule has 0 amide bonds. The van der Waals surface area contributed by atoms with Crippen LogP contribution in [0.3, 0.4) is 0 Å². The molecule has 1 N–H and O–H groups in total. The molecule has 0 radical (unpaired) electrons. The second-order valence-electron chi connectivity index (χ2n) is 3.76. The molecule has 0 saturated heterocycles. The fourth-order valence-corrected chi connectivity index (χ4v) is 1.30. The summed E-state index contributed by atoms with van der Waals surface area (Å²) in [5.41, 5.74) is -0.311. The van der Waals surface area contributed by atoms with Crippen molar-refractivity contribution in [1.29, 1.82) is 0 Å². The Bertz CT molecular complexity index is 338. The lowest BCUT2D eigenvalue weighted by Gasteiger charge is -2.14. The average Bonchev–Trinajstić information content (AvgIpc) is 2.26. The molecule has 0 spiro atoms. The molecule has 1 atom stereocenters. The van der Waals surface area contributed by atoms with Gasteiger partial charge in [-0.15, -0.1) is 0 Å². The highest BCUT2D eigenvalue weighted by Gasteiger charge is 2.31. The number of rotatable bonds is 5. The minimum atomic E-state index is -4.39. The van der Waals surface area contributed by atoms with E-state index in [0.717, 1.165) is 12.5 Å². The normalized spacial score (nSPS) is 13.5. The van der Waals surface area contributed by atoms with Crippen LogP contribution < -0.4 is 5.32 Å². The zero-order valence-corrected chi connectivity index (χ0v) is 9.71. The van der Waals surface area contributed by atoms with Crippen LogP contribution in [0.5, 0.6) is 0 Å². The second-order valence-corrected chi connectivity index (χ2v) is 3.76. The molecule has 0 aliphatic rings. The Kier molecular flexibility index (Phi) is 4.74. The first kappa shape index (κ1) is 13.8. The van der Waals surface area contributed by atoms with E-state index in [4.69, 9.17) is 4.74 Å². The molecule has 1 aromatic rings. The van der Waals surface area contributed by atoms with Gasteiger partial charge in [0.2, 0.25) is 0 Å². The van der Waals surface area contributed by atoms with Crippen LogP contribution in [0.15, 0.2) is 18.3 Å². The molecule has 1 rings (SSSR count). The van der Waals surface area contributed by atoms with E-state index in [1.54, 1.807) is 7.11 Å². The van der Waals surface area contributed by atoms with Gasteiger partial charge in [-0.2, -0.15) is 13.2 Å². The van der Waals surface area contributed by atoms with Crippen molar-refractivity contribution in [3.05, 3.63) is 24.0 Å². The lowest BCUT2D eigenvalue weighted by Crippen LogP contribution is -2.17. The van der Waals surface area contributed by atoms with Gasteiger partial charge < -0.3 is 10.1 Å². The average molecular weight is 248 g/mol. The summed E-state index contributed by atoms with van der Waals surface area (Å²) < 4.78 is 41.7. The van der Waals surface area contributed by atoms with Gasteiger partial charge in [0.15, 0.2) is 0 Å². The second kappa shape index (κ2) is 5.86. The molecular formula is C11H15F3N2O. The van der Waals surface area contributed by atoms with Crippen molar-refractivity contribution in [3.63, 3.8) is 0 Å². The maximum absolute atomic E-state index is 12.2. The Hall–Kier alpha value is -1.30. The molecule has 0 aliphatic carbocycles. The fourth-order valence-electron chi connectivity index (χ4n) is 1.30. The Balaban J connectivity index is 2.56. The summed E-state index contributed by atoms with van der Waals surface area (Å²) in [6.07, 6.45) is -2.43. The van der Waals surface area contributed by atoms with Gasteiger partial charge in [-0.25, -0.2) is 4.98 Å². The first-order valence-corrected chi connectivity index (χ1v) is 5.22. The van der Waals surface area contributed by atoms with E-state index in [-0.39, 0.29) is 6.04 Å². The molecule has 1 heterocycles. The molecule has 0 aliphatic heterocycles. The maximum Gasteiger partial charge on any atom is 0.433 e. The van der Waals surface area contributed by atoms with E-state index in [9.17, 15) is 13.2 Å². The van der Waals surface area contributed by atoms with Crippen LogP contribution in [0.2, 0.25) is 0 Å². The lowest BCUT2D eigenvalue weighted by atomic mass is 10.2. The van der Waals surface area contributed by atoms with E-state index in [0.29, 0.717) is 12.3 Å². The number of alkyl halides is 3. The third kappa shape index (κ3) is 4.60. The predicted molar refractivity (Wildman–Crippen MR) is 58.8 cm³/mol. The van der Waals surface area contributed by atoms with Crippen LogP contribution in [0, 0.1) is 0 Å². The zero-order valence-electron chi connectivity index (χ0n) is 9.71. The van der Waals surface area contributed by atoms with Crippen LogP contribution in [-0.2, 0) is 10.9 Å². The van der Waals surface area contributed by atoms with Crippen molar-refractivity contribution in [2.45, 2.75) is 25.6 Å². The summed E-state index contributed by atoms with van der Waals surface area (Å²) in [5, 5.41) is 3.05. The number of hydrogen-bond acceptors (Lipinski definition) is 3. The predicted octanol–water partition coefficient (Wildman–Crippen LogP) is 2.94. The third-order valence-electron chi connectivity index (χ3n) is 2.22. The van der Waals surface area contributed by atoms with Crippen LogP contribution in [0.25, 0.3) is 0 Å². The summed E-state index contributed by atoms with van der Waals surface area (Å²) in [6.45, 7) is 2.53. The minimum Gasteiger partial charge on any atom is -0.385 e. The Labute approximate surface area is 98.0 Å². The summed E-state index contributed by atoms with van der Waals surface area (Å²) >= 11 is 0. The number of pyridine rings is 1. The molecule has 0 fully saturated rings.